The molecule has 1 aliphatic heterocycles. The van der Waals surface area contributed by atoms with Gasteiger partial charge >= 0.3 is 0 Å². The second-order valence-electron chi connectivity index (χ2n) is 7.87. The van der Waals surface area contributed by atoms with E-state index in [-0.39, 0.29) is 23.5 Å². The van der Waals surface area contributed by atoms with Crippen LogP contribution < -0.4 is 10.6 Å². The van der Waals surface area contributed by atoms with E-state index in [0.717, 1.165) is 36.8 Å². The Kier molecular flexibility index (Phi) is 4.22. The van der Waals surface area contributed by atoms with Crippen LogP contribution >= 0.6 is 0 Å². The Morgan fingerprint density at radius 1 is 1.11 bits per heavy atom. The number of methoxy groups -OCH3 is 1. The number of amides is 1. The first-order chi connectivity index (χ1) is 13.7. The highest BCUT2D eigenvalue weighted by atomic mass is 16.5. The van der Waals surface area contributed by atoms with Gasteiger partial charge in [0, 0.05) is 23.4 Å². The van der Waals surface area contributed by atoms with Crippen LogP contribution in [0.5, 0.6) is 0 Å². The Morgan fingerprint density at radius 2 is 1.86 bits per heavy atom. The molecule has 144 valence electrons. The predicted molar refractivity (Wildman–Crippen MR) is 110 cm³/mol. The van der Waals surface area contributed by atoms with Crippen LogP contribution in [0.1, 0.15) is 40.5 Å². The van der Waals surface area contributed by atoms with Crippen molar-refractivity contribution in [1.29, 1.82) is 0 Å². The van der Waals surface area contributed by atoms with Gasteiger partial charge in [0.25, 0.3) is 5.91 Å². The third-order valence-corrected chi connectivity index (χ3v) is 6.49. The highest BCUT2D eigenvalue weighted by Gasteiger charge is 2.53. The number of fused-ring (bicyclic) bond motifs is 3. The number of piperidine rings is 1. The van der Waals surface area contributed by atoms with Crippen LogP contribution in [0, 0.1) is 0 Å². The smallest absolute Gasteiger partial charge is 0.268 e. The number of H-pyrrole nitrogens is 1. The molecule has 2 aromatic carbocycles. The summed E-state index contributed by atoms with van der Waals surface area (Å²) in [5.41, 5.74) is 4.01. The maximum atomic E-state index is 13.1. The molecule has 1 amide bonds. The Hall–Kier alpha value is -2.63. The van der Waals surface area contributed by atoms with Gasteiger partial charge in [-0.3, -0.25) is 4.79 Å². The lowest BCUT2D eigenvalue weighted by Gasteiger charge is -2.40. The van der Waals surface area contributed by atoms with Crippen LogP contribution in [0.15, 0.2) is 54.6 Å². The third kappa shape index (κ3) is 2.58. The molecule has 1 saturated heterocycles. The normalized spacial score (nSPS) is 23.0. The number of aromatic amines is 1. The van der Waals surface area contributed by atoms with Gasteiger partial charge in [-0.1, -0.05) is 42.5 Å². The van der Waals surface area contributed by atoms with Crippen molar-refractivity contribution in [2.75, 3.05) is 20.2 Å². The minimum absolute atomic E-state index is 0.0466. The lowest BCUT2D eigenvalue weighted by atomic mass is 9.72. The van der Waals surface area contributed by atoms with Crippen LogP contribution in [0.3, 0.4) is 0 Å². The molecule has 5 nitrogen and oxygen atoms in total. The molecule has 2 unspecified atom stereocenters. The van der Waals surface area contributed by atoms with Gasteiger partial charge in [0.2, 0.25) is 0 Å². The SMILES string of the molecule is COC1C(NC(=O)c2cc3ccccc3[nH]2)c2ccccc2C12CCNCC2. The summed E-state index contributed by atoms with van der Waals surface area (Å²) in [6, 6.07) is 18.2. The molecule has 5 heteroatoms. The van der Waals surface area contributed by atoms with E-state index >= 15 is 0 Å². The van der Waals surface area contributed by atoms with E-state index in [2.05, 4.69) is 33.8 Å². The van der Waals surface area contributed by atoms with Crippen LogP contribution in [0.2, 0.25) is 0 Å². The summed E-state index contributed by atoms with van der Waals surface area (Å²) in [4.78, 5) is 16.3. The number of hydrogen-bond acceptors (Lipinski definition) is 3. The second kappa shape index (κ2) is 6.76. The Balaban J connectivity index is 1.50. The van der Waals surface area contributed by atoms with Crippen LogP contribution in [-0.4, -0.2) is 37.2 Å². The van der Waals surface area contributed by atoms with Gasteiger partial charge in [-0.2, -0.15) is 0 Å². The molecule has 1 spiro atoms. The number of carbonyl (C=O) groups is 1. The molecule has 3 N–H and O–H groups in total. The van der Waals surface area contributed by atoms with Crippen molar-refractivity contribution in [3.8, 4) is 0 Å². The molecular formula is C23H25N3O2. The number of ether oxygens (including phenoxy) is 1. The molecule has 0 bridgehead atoms. The minimum Gasteiger partial charge on any atom is -0.378 e. The summed E-state index contributed by atoms with van der Waals surface area (Å²) >= 11 is 0. The van der Waals surface area contributed by atoms with Crippen molar-refractivity contribution < 1.29 is 9.53 Å². The first kappa shape index (κ1) is 17.5. The molecule has 2 atom stereocenters. The van der Waals surface area contributed by atoms with Gasteiger partial charge in [-0.15, -0.1) is 0 Å². The highest BCUT2D eigenvalue weighted by molar-refractivity contribution is 5.98. The van der Waals surface area contributed by atoms with E-state index in [1.807, 2.05) is 36.4 Å². The molecular weight excluding hydrogens is 350 g/mol. The summed E-state index contributed by atoms with van der Waals surface area (Å²) in [6.45, 7) is 1.94. The van der Waals surface area contributed by atoms with Crippen molar-refractivity contribution in [3.05, 3.63) is 71.4 Å². The zero-order valence-electron chi connectivity index (χ0n) is 16.0. The van der Waals surface area contributed by atoms with Gasteiger partial charge in [-0.25, -0.2) is 0 Å². The fraction of sp³-hybridized carbons (Fsp3) is 0.348. The Bertz CT molecular complexity index is 986. The molecule has 1 aliphatic carbocycles. The zero-order chi connectivity index (χ0) is 19.1. The third-order valence-electron chi connectivity index (χ3n) is 6.49. The highest BCUT2D eigenvalue weighted by Crippen LogP contribution is 2.51. The quantitative estimate of drug-likeness (QED) is 0.658. The van der Waals surface area contributed by atoms with Crippen LogP contribution in [-0.2, 0) is 10.2 Å². The summed E-state index contributed by atoms with van der Waals surface area (Å²) < 4.78 is 6.04. The number of nitrogens with one attached hydrogen (secondary N) is 3. The average molecular weight is 375 g/mol. The topological polar surface area (TPSA) is 66.1 Å². The minimum atomic E-state index is -0.154. The Labute approximate surface area is 164 Å². The van der Waals surface area contributed by atoms with E-state index in [1.54, 1.807) is 7.11 Å². The van der Waals surface area contributed by atoms with Gasteiger partial charge < -0.3 is 20.4 Å². The van der Waals surface area contributed by atoms with E-state index < -0.39 is 0 Å². The van der Waals surface area contributed by atoms with E-state index in [4.69, 9.17) is 4.74 Å². The maximum Gasteiger partial charge on any atom is 0.268 e. The van der Waals surface area contributed by atoms with Gasteiger partial charge in [0.05, 0.1) is 12.1 Å². The first-order valence-electron chi connectivity index (χ1n) is 9.94. The van der Waals surface area contributed by atoms with Crippen molar-refractivity contribution in [2.45, 2.75) is 30.4 Å². The predicted octanol–water partition coefficient (Wildman–Crippen LogP) is 3.29. The summed E-state index contributed by atoms with van der Waals surface area (Å²) in [5, 5.41) is 7.77. The molecule has 5 rings (SSSR count). The molecule has 2 aliphatic rings. The fourth-order valence-electron chi connectivity index (χ4n) is 5.21. The summed E-state index contributed by atoms with van der Waals surface area (Å²) in [5.74, 6) is -0.0935. The molecule has 3 aromatic rings. The van der Waals surface area contributed by atoms with Gasteiger partial charge in [0.1, 0.15) is 5.69 Å². The van der Waals surface area contributed by atoms with Crippen molar-refractivity contribution in [2.24, 2.45) is 0 Å². The molecule has 2 heterocycles. The lowest BCUT2D eigenvalue weighted by Crippen LogP contribution is -2.49. The van der Waals surface area contributed by atoms with E-state index in [1.165, 1.54) is 11.1 Å². The molecule has 28 heavy (non-hydrogen) atoms. The number of carbonyl (C=O) groups excluding carboxylic acids is 1. The van der Waals surface area contributed by atoms with Crippen LogP contribution in [0.4, 0.5) is 0 Å². The Morgan fingerprint density at radius 3 is 2.64 bits per heavy atom. The molecule has 0 radical (unpaired) electrons. The number of benzene rings is 2. The van der Waals surface area contributed by atoms with Gasteiger partial charge in [-0.05, 0) is 49.2 Å². The second-order valence-corrected chi connectivity index (χ2v) is 7.87. The monoisotopic (exact) mass is 375 g/mol. The number of para-hydroxylation sites is 1. The number of rotatable bonds is 3. The van der Waals surface area contributed by atoms with E-state index in [0.29, 0.717) is 5.69 Å². The maximum absolute atomic E-state index is 13.1. The molecule has 1 aromatic heterocycles. The average Bonchev–Trinajstić information content (AvgIpc) is 3.27. The lowest BCUT2D eigenvalue weighted by molar-refractivity contribution is 0.00393. The first-order valence-corrected chi connectivity index (χ1v) is 9.94. The zero-order valence-corrected chi connectivity index (χ0v) is 16.0. The number of hydrogen-bond donors (Lipinski definition) is 3. The van der Waals surface area contributed by atoms with E-state index in [9.17, 15) is 4.79 Å². The van der Waals surface area contributed by atoms with Gasteiger partial charge in [0.15, 0.2) is 0 Å². The standard InChI is InChI=1S/C23H25N3O2/c1-28-21-20(26-22(27)19-14-15-6-2-5-9-18(15)25-19)16-7-3-4-8-17(16)23(21)10-12-24-13-11-23/h2-9,14,20-21,24-25H,10-13H2,1H3,(H,26,27). The fourth-order valence-corrected chi connectivity index (χ4v) is 5.21. The van der Waals surface area contributed by atoms with Crippen molar-refractivity contribution in [1.82, 2.24) is 15.6 Å². The van der Waals surface area contributed by atoms with Crippen molar-refractivity contribution in [3.63, 3.8) is 0 Å². The molecule has 1 fully saturated rings. The summed E-state index contributed by atoms with van der Waals surface area (Å²) in [6.07, 6.45) is 1.96. The number of aromatic nitrogens is 1. The summed E-state index contributed by atoms with van der Waals surface area (Å²) in [7, 11) is 1.77. The molecule has 0 saturated carbocycles. The largest absolute Gasteiger partial charge is 0.378 e. The van der Waals surface area contributed by atoms with Crippen LogP contribution in [0.25, 0.3) is 10.9 Å². The van der Waals surface area contributed by atoms with Crippen molar-refractivity contribution >= 4 is 16.8 Å².